The van der Waals surface area contributed by atoms with E-state index in [1.807, 2.05) is 5.38 Å². The van der Waals surface area contributed by atoms with E-state index in [-0.39, 0.29) is 11.8 Å². The molecule has 0 aromatic carbocycles. The predicted octanol–water partition coefficient (Wildman–Crippen LogP) is 1.45. The van der Waals surface area contributed by atoms with Crippen molar-refractivity contribution in [1.29, 1.82) is 0 Å². The van der Waals surface area contributed by atoms with E-state index in [2.05, 4.69) is 20.1 Å². The van der Waals surface area contributed by atoms with E-state index in [0.29, 0.717) is 29.5 Å². The fourth-order valence-electron chi connectivity index (χ4n) is 4.32. The van der Waals surface area contributed by atoms with E-state index < -0.39 is 0 Å². The Kier molecular flexibility index (Phi) is 5.63. The van der Waals surface area contributed by atoms with Crippen LogP contribution in [-0.4, -0.2) is 58.8 Å². The van der Waals surface area contributed by atoms with Crippen LogP contribution in [0.1, 0.15) is 44.2 Å². The largest absolute Gasteiger partial charge is 0.375 e. The van der Waals surface area contributed by atoms with Crippen molar-refractivity contribution in [1.82, 2.24) is 20.1 Å². The van der Waals surface area contributed by atoms with E-state index in [9.17, 15) is 9.59 Å². The van der Waals surface area contributed by atoms with Crippen LogP contribution < -0.4 is 11.1 Å². The number of nitrogens with zero attached hydrogens (tertiary/aromatic N) is 3. The van der Waals surface area contributed by atoms with Crippen molar-refractivity contribution in [3.05, 3.63) is 11.1 Å². The Balaban J connectivity index is 1.24. The molecule has 4 rings (SSSR count). The first-order chi connectivity index (χ1) is 13.1. The number of carbonyl (C=O) groups excluding carboxylic acids is 2. The molecule has 3 aliphatic rings. The Labute approximate surface area is 164 Å². The monoisotopic (exact) mass is 391 g/mol. The van der Waals surface area contributed by atoms with Gasteiger partial charge < -0.3 is 16.0 Å². The highest BCUT2D eigenvalue weighted by Gasteiger charge is 2.37. The number of nitrogens with one attached hydrogen (secondary N) is 1. The number of amides is 2. The van der Waals surface area contributed by atoms with Crippen molar-refractivity contribution in [2.24, 2.45) is 11.8 Å². The SMILES string of the molecule is Nc1nc(CNC(=O)[C@@H]2CCCN(C3CCN(C(=O)C4CC4)CC3)C2)cs1. The summed E-state index contributed by atoms with van der Waals surface area (Å²) < 4.78 is 0. The molecular formula is C19H29N5O2S. The van der Waals surface area contributed by atoms with Crippen molar-refractivity contribution in [3.8, 4) is 0 Å². The number of hydrogen-bond acceptors (Lipinski definition) is 6. The summed E-state index contributed by atoms with van der Waals surface area (Å²) in [7, 11) is 0. The third-order valence-corrected chi connectivity index (χ3v) is 6.78. The zero-order valence-corrected chi connectivity index (χ0v) is 16.5. The third kappa shape index (κ3) is 4.60. The normalized spacial score (nSPS) is 24.7. The Morgan fingerprint density at radius 2 is 1.93 bits per heavy atom. The molecule has 27 heavy (non-hydrogen) atoms. The van der Waals surface area contributed by atoms with Crippen LogP contribution in [0.3, 0.4) is 0 Å². The molecule has 2 amide bonds. The molecule has 3 heterocycles. The molecule has 3 fully saturated rings. The highest BCUT2D eigenvalue weighted by atomic mass is 32.1. The van der Waals surface area contributed by atoms with Gasteiger partial charge in [0.15, 0.2) is 5.13 Å². The molecule has 3 N–H and O–H groups in total. The number of aromatic nitrogens is 1. The number of nitrogen functional groups attached to an aromatic ring is 1. The number of carbonyl (C=O) groups is 2. The molecule has 148 valence electrons. The van der Waals surface area contributed by atoms with Crippen LogP contribution in [0, 0.1) is 11.8 Å². The summed E-state index contributed by atoms with van der Waals surface area (Å²) >= 11 is 1.40. The average Bonchev–Trinajstić information content (AvgIpc) is 3.47. The maximum atomic E-state index is 12.6. The van der Waals surface area contributed by atoms with Gasteiger partial charge in [-0.1, -0.05) is 0 Å². The molecule has 2 aliphatic heterocycles. The van der Waals surface area contributed by atoms with Crippen LogP contribution in [0.2, 0.25) is 0 Å². The summed E-state index contributed by atoms with van der Waals surface area (Å²) in [5.41, 5.74) is 6.47. The van der Waals surface area contributed by atoms with Crippen molar-refractivity contribution in [2.45, 2.75) is 51.1 Å². The average molecular weight is 392 g/mol. The Hall–Kier alpha value is -1.67. The predicted molar refractivity (Wildman–Crippen MR) is 105 cm³/mol. The zero-order valence-electron chi connectivity index (χ0n) is 15.7. The van der Waals surface area contributed by atoms with Gasteiger partial charge in [-0.15, -0.1) is 11.3 Å². The molecule has 1 aliphatic carbocycles. The van der Waals surface area contributed by atoms with Gasteiger partial charge in [0.05, 0.1) is 18.2 Å². The smallest absolute Gasteiger partial charge is 0.225 e. The lowest BCUT2D eigenvalue weighted by molar-refractivity contribution is -0.134. The van der Waals surface area contributed by atoms with Crippen LogP contribution in [0.5, 0.6) is 0 Å². The van der Waals surface area contributed by atoms with Crippen LogP contribution in [0.15, 0.2) is 5.38 Å². The first-order valence-electron chi connectivity index (χ1n) is 10.1. The fraction of sp³-hybridized carbons (Fsp3) is 0.737. The maximum absolute atomic E-state index is 12.6. The lowest BCUT2D eigenvalue weighted by Gasteiger charge is -2.42. The van der Waals surface area contributed by atoms with Crippen LogP contribution in [0.25, 0.3) is 0 Å². The molecule has 1 atom stereocenters. The van der Waals surface area contributed by atoms with Crippen molar-refractivity contribution in [2.75, 3.05) is 31.9 Å². The second-order valence-corrected chi connectivity index (χ2v) is 8.95. The van der Waals surface area contributed by atoms with E-state index >= 15 is 0 Å². The number of rotatable bonds is 5. The van der Waals surface area contributed by atoms with E-state index in [4.69, 9.17) is 5.73 Å². The second kappa shape index (κ2) is 8.14. The van der Waals surface area contributed by atoms with Crippen molar-refractivity contribution < 1.29 is 9.59 Å². The van der Waals surface area contributed by atoms with Gasteiger partial charge in [-0.25, -0.2) is 4.98 Å². The lowest BCUT2D eigenvalue weighted by Crippen LogP contribution is -2.51. The molecule has 0 unspecified atom stereocenters. The summed E-state index contributed by atoms with van der Waals surface area (Å²) in [5.74, 6) is 0.846. The minimum absolute atomic E-state index is 0.0425. The standard InChI is InChI=1S/C19H29N5O2S/c20-19-22-15(12-27-19)10-21-17(25)14-2-1-7-24(11-14)16-5-8-23(9-6-16)18(26)13-3-4-13/h12-14,16H,1-11H2,(H2,20,22)(H,21,25)/t14-/m1/s1. The maximum Gasteiger partial charge on any atom is 0.225 e. The van der Waals surface area contributed by atoms with Gasteiger partial charge in [-0.3, -0.25) is 14.5 Å². The summed E-state index contributed by atoms with van der Waals surface area (Å²) in [5, 5.41) is 5.44. The minimum atomic E-state index is 0.0425. The van der Waals surface area contributed by atoms with E-state index in [1.165, 1.54) is 11.3 Å². The third-order valence-electron chi connectivity index (χ3n) is 6.06. The van der Waals surface area contributed by atoms with Gasteiger partial charge >= 0.3 is 0 Å². The molecule has 1 aromatic rings. The first kappa shape index (κ1) is 18.7. The number of hydrogen-bond donors (Lipinski definition) is 2. The number of piperidine rings is 2. The molecule has 7 nitrogen and oxygen atoms in total. The molecule has 0 radical (unpaired) electrons. The quantitative estimate of drug-likeness (QED) is 0.793. The molecule has 8 heteroatoms. The van der Waals surface area contributed by atoms with Gasteiger partial charge in [-0.05, 0) is 45.1 Å². The zero-order chi connectivity index (χ0) is 18.8. The highest BCUT2D eigenvalue weighted by Crippen LogP contribution is 2.32. The van der Waals surface area contributed by atoms with Gasteiger partial charge in [0.1, 0.15) is 0 Å². The van der Waals surface area contributed by atoms with Crippen LogP contribution in [0.4, 0.5) is 5.13 Å². The topological polar surface area (TPSA) is 91.6 Å². The first-order valence-corrected chi connectivity index (χ1v) is 11.0. The molecule has 1 saturated carbocycles. The number of thiazole rings is 1. The van der Waals surface area contributed by atoms with Gasteiger partial charge in [0, 0.05) is 37.0 Å². The summed E-state index contributed by atoms with van der Waals surface area (Å²) in [6.45, 7) is 4.09. The molecule has 0 spiro atoms. The molecule has 1 aromatic heterocycles. The van der Waals surface area contributed by atoms with Gasteiger partial charge in [0.2, 0.25) is 11.8 Å². The summed E-state index contributed by atoms with van der Waals surface area (Å²) in [4.78, 5) is 33.5. The second-order valence-electron chi connectivity index (χ2n) is 8.06. The van der Waals surface area contributed by atoms with Gasteiger partial charge in [0.25, 0.3) is 0 Å². The number of anilines is 1. The Morgan fingerprint density at radius 1 is 1.15 bits per heavy atom. The van der Waals surface area contributed by atoms with E-state index in [0.717, 1.165) is 70.4 Å². The molecule has 2 saturated heterocycles. The van der Waals surface area contributed by atoms with Crippen LogP contribution >= 0.6 is 11.3 Å². The number of likely N-dealkylation sites (tertiary alicyclic amines) is 2. The van der Waals surface area contributed by atoms with Crippen molar-refractivity contribution >= 4 is 28.3 Å². The van der Waals surface area contributed by atoms with Crippen molar-refractivity contribution in [3.63, 3.8) is 0 Å². The lowest BCUT2D eigenvalue weighted by atomic mass is 9.93. The van der Waals surface area contributed by atoms with Crippen LogP contribution in [-0.2, 0) is 16.1 Å². The fourth-order valence-corrected chi connectivity index (χ4v) is 4.88. The number of nitrogens with two attached hydrogens (primary N) is 1. The summed E-state index contributed by atoms with van der Waals surface area (Å²) in [6, 6.07) is 0.502. The minimum Gasteiger partial charge on any atom is -0.375 e. The molecular weight excluding hydrogens is 362 g/mol. The van der Waals surface area contributed by atoms with E-state index in [1.54, 1.807) is 0 Å². The summed E-state index contributed by atoms with van der Waals surface area (Å²) in [6.07, 6.45) is 6.23. The molecule has 0 bridgehead atoms. The Morgan fingerprint density at radius 3 is 2.59 bits per heavy atom. The highest BCUT2D eigenvalue weighted by molar-refractivity contribution is 7.13. The Bertz CT molecular complexity index is 681. The van der Waals surface area contributed by atoms with Gasteiger partial charge in [-0.2, -0.15) is 0 Å².